The summed E-state index contributed by atoms with van der Waals surface area (Å²) >= 11 is 5.88. The molecule has 116 valence electrons. The zero-order valence-electron chi connectivity index (χ0n) is 10.7. The van der Waals surface area contributed by atoms with Gasteiger partial charge in [-0.25, -0.2) is 0 Å². The Bertz CT molecular complexity index is 589. The number of guanidine groups is 1. The molecule has 0 spiro atoms. The second kappa shape index (κ2) is 4.83. The zero-order chi connectivity index (χ0) is 15.4. The highest BCUT2D eigenvalue weighted by Gasteiger charge is 2.45. The minimum atomic E-state index is -2.02. The summed E-state index contributed by atoms with van der Waals surface area (Å²) in [6.07, 6.45) is -2.87. The molecule has 1 saturated heterocycles. The number of hydrogen-bond acceptors (Lipinski definition) is 8. The second-order valence-electron chi connectivity index (χ2n) is 4.92. The van der Waals surface area contributed by atoms with Crippen LogP contribution in [-0.4, -0.2) is 55.9 Å². The number of nitrogens with zero attached hydrogens (tertiary/aromatic N) is 2. The molecule has 0 amide bonds. The maximum Gasteiger partial charge on any atom is 0.268 e. The van der Waals surface area contributed by atoms with Crippen LogP contribution in [0.2, 0.25) is 0 Å². The van der Waals surface area contributed by atoms with Crippen molar-refractivity contribution in [2.75, 3.05) is 11.9 Å². The van der Waals surface area contributed by atoms with Gasteiger partial charge in [-0.1, -0.05) is 11.6 Å². The van der Waals surface area contributed by atoms with Crippen LogP contribution < -0.4 is 11.1 Å². The van der Waals surface area contributed by atoms with Crippen LogP contribution in [0.15, 0.2) is 17.3 Å². The number of aliphatic hydroxyl groups excluding tert-OH is 3. The Morgan fingerprint density at radius 3 is 2.81 bits per heavy atom. The van der Waals surface area contributed by atoms with E-state index in [9.17, 15) is 15.3 Å². The molecule has 3 rings (SSSR count). The van der Waals surface area contributed by atoms with Crippen molar-refractivity contribution in [1.29, 1.82) is 0 Å². The number of aliphatic hydroxyl groups is 4. The van der Waals surface area contributed by atoms with E-state index in [0.717, 1.165) is 0 Å². The van der Waals surface area contributed by atoms with Gasteiger partial charge < -0.3 is 40.8 Å². The van der Waals surface area contributed by atoms with Crippen molar-refractivity contribution in [3.63, 3.8) is 0 Å². The monoisotopic (exact) mass is 318 g/mol. The topological polar surface area (TPSA) is 145 Å². The Kier molecular flexibility index (Phi) is 3.35. The highest BCUT2D eigenvalue weighted by molar-refractivity contribution is 6.24. The molecule has 9 nitrogen and oxygen atoms in total. The molecular weight excluding hydrogens is 304 g/mol. The number of hydrogen-bond donors (Lipinski definition) is 6. The minimum Gasteiger partial charge on any atom is -0.394 e. The fourth-order valence-corrected chi connectivity index (χ4v) is 2.77. The van der Waals surface area contributed by atoms with E-state index < -0.39 is 36.3 Å². The van der Waals surface area contributed by atoms with E-state index in [1.54, 1.807) is 0 Å². The molecule has 3 heterocycles. The molecule has 21 heavy (non-hydrogen) atoms. The van der Waals surface area contributed by atoms with Crippen molar-refractivity contribution in [1.82, 2.24) is 4.57 Å². The minimum absolute atomic E-state index is 0.105. The number of fused-ring (bicyclic) bond motifs is 1. The lowest BCUT2D eigenvalue weighted by Gasteiger charge is -2.26. The van der Waals surface area contributed by atoms with Crippen molar-refractivity contribution in [2.45, 2.75) is 29.7 Å². The predicted molar refractivity (Wildman–Crippen MR) is 72.4 cm³/mol. The quantitative estimate of drug-likeness (QED) is 0.278. The molecule has 1 aromatic heterocycles. The number of aliphatic imine (C=N–C) groups is 1. The Labute approximate surface area is 124 Å². The number of rotatable bonds is 2. The van der Waals surface area contributed by atoms with Crippen molar-refractivity contribution >= 4 is 23.4 Å². The van der Waals surface area contributed by atoms with Crippen LogP contribution >= 0.6 is 11.6 Å². The molecule has 0 radical (unpaired) electrons. The first-order valence-electron chi connectivity index (χ1n) is 6.22. The van der Waals surface area contributed by atoms with Gasteiger partial charge in [-0.3, -0.25) is 0 Å². The number of anilines is 1. The maximum atomic E-state index is 10.0. The van der Waals surface area contributed by atoms with E-state index >= 15 is 0 Å². The molecular formula is C11H15ClN4O5. The van der Waals surface area contributed by atoms with Crippen LogP contribution in [0.3, 0.4) is 0 Å². The average molecular weight is 319 g/mol. The van der Waals surface area contributed by atoms with Crippen LogP contribution in [0.1, 0.15) is 11.8 Å². The fraction of sp³-hybridized carbons (Fsp3) is 0.545. The molecule has 7 N–H and O–H groups in total. The standard InChI is InChI=1S/C11H15ClN4O5/c12-11(20)4-1-2-16(8(4)14-10(13)15-11)9-7(19)6(18)5(3-17)21-9/h1-2,5-7,9,17-20H,3H2,(H3,13,14,15)/t5-,6-,7-,9-,11?/m1/s1. The Hall–Kier alpha value is -1.36. The van der Waals surface area contributed by atoms with Crippen LogP contribution in [0.25, 0.3) is 0 Å². The molecule has 2 aliphatic rings. The zero-order valence-corrected chi connectivity index (χ0v) is 11.5. The molecule has 1 aromatic rings. The highest BCUT2D eigenvalue weighted by atomic mass is 35.5. The third-order valence-corrected chi connectivity index (χ3v) is 3.85. The summed E-state index contributed by atoms with van der Waals surface area (Å²) in [7, 11) is 0. The highest BCUT2D eigenvalue weighted by Crippen LogP contribution is 2.40. The molecule has 2 aliphatic heterocycles. The molecule has 0 aromatic carbocycles. The van der Waals surface area contributed by atoms with Gasteiger partial charge in [-0.05, 0) is 6.07 Å². The van der Waals surface area contributed by atoms with Crippen LogP contribution in [0.5, 0.6) is 0 Å². The molecule has 0 saturated carbocycles. The molecule has 0 aliphatic carbocycles. The molecule has 0 bridgehead atoms. The lowest BCUT2D eigenvalue weighted by atomic mass is 10.1. The first-order chi connectivity index (χ1) is 9.85. The van der Waals surface area contributed by atoms with Gasteiger partial charge in [0.15, 0.2) is 12.2 Å². The van der Waals surface area contributed by atoms with Crippen molar-refractivity contribution < 1.29 is 25.2 Å². The normalized spacial score (nSPS) is 38.8. The third kappa shape index (κ3) is 2.18. The third-order valence-electron chi connectivity index (χ3n) is 3.56. The van der Waals surface area contributed by atoms with Crippen LogP contribution in [0.4, 0.5) is 5.82 Å². The summed E-state index contributed by atoms with van der Waals surface area (Å²) in [4.78, 5) is 3.66. The second-order valence-corrected chi connectivity index (χ2v) is 5.45. The van der Waals surface area contributed by atoms with E-state index in [1.165, 1.54) is 16.8 Å². The lowest BCUT2D eigenvalue weighted by molar-refractivity contribution is -0.0517. The lowest BCUT2D eigenvalue weighted by Crippen LogP contribution is -2.36. The van der Waals surface area contributed by atoms with E-state index in [1.807, 2.05) is 0 Å². The average Bonchev–Trinajstić information content (AvgIpc) is 2.93. The number of aromatic nitrogens is 1. The summed E-state index contributed by atoms with van der Waals surface area (Å²) in [6.45, 7) is -0.436. The SMILES string of the molecule is NC1=NC(O)(Cl)c2ccn([C@@H]3O[C@H](CO)[C@@H](O)[C@H]3O)c2N1. The van der Waals surface area contributed by atoms with Gasteiger partial charge in [0.2, 0.25) is 0 Å². The van der Waals surface area contributed by atoms with Gasteiger partial charge in [0.25, 0.3) is 5.18 Å². The van der Waals surface area contributed by atoms with E-state index in [-0.39, 0.29) is 17.3 Å². The summed E-state index contributed by atoms with van der Waals surface area (Å²) < 4.78 is 6.84. The molecule has 1 unspecified atom stereocenters. The van der Waals surface area contributed by atoms with E-state index in [4.69, 9.17) is 27.2 Å². The van der Waals surface area contributed by atoms with Crippen LogP contribution in [0, 0.1) is 0 Å². The Morgan fingerprint density at radius 1 is 1.48 bits per heavy atom. The van der Waals surface area contributed by atoms with Crippen molar-refractivity contribution in [3.8, 4) is 0 Å². The number of nitrogens with one attached hydrogen (secondary N) is 1. The predicted octanol–water partition coefficient (Wildman–Crippen LogP) is -1.82. The molecule has 10 heteroatoms. The van der Waals surface area contributed by atoms with Gasteiger partial charge in [0.1, 0.15) is 24.1 Å². The Morgan fingerprint density at radius 2 is 2.19 bits per heavy atom. The smallest absolute Gasteiger partial charge is 0.268 e. The Balaban J connectivity index is 1.99. The van der Waals surface area contributed by atoms with E-state index in [0.29, 0.717) is 0 Å². The van der Waals surface area contributed by atoms with Gasteiger partial charge in [0, 0.05) is 6.20 Å². The number of nitrogens with two attached hydrogens (primary N) is 1. The van der Waals surface area contributed by atoms with E-state index in [2.05, 4.69) is 10.3 Å². The van der Waals surface area contributed by atoms with Crippen molar-refractivity contribution in [2.24, 2.45) is 10.7 Å². The summed E-state index contributed by atoms with van der Waals surface area (Å²) in [6, 6.07) is 1.49. The first-order valence-corrected chi connectivity index (χ1v) is 6.60. The van der Waals surface area contributed by atoms with Gasteiger partial charge in [0.05, 0.1) is 12.2 Å². The summed E-state index contributed by atoms with van der Waals surface area (Å²) in [5.74, 6) is 0.182. The summed E-state index contributed by atoms with van der Waals surface area (Å²) in [5.41, 5.74) is 5.79. The van der Waals surface area contributed by atoms with Crippen LogP contribution in [-0.2, 0) is 9.92 Å². The largest absolute Gasteiger partial charge is 0.394 e. The molecule has 5 atom stereocenters. The summed E-state index contributed by atoms with van der Waals surface area (Å²) in [5, 5.41) is 39.7. The number of halogens is 1. The number of ether oxygens (including phenoxy) is 1. The molecule has 1 fully saturated rings. The first kappa shape index (κ1) is 14.6. The van der Waals surface area contributed by atoms with Gasteiger partial charge in [-0.2, -0.15) is 4.99 Å². The number of alkyl halides is 1. The van der Waals surface area contributed by atoms with Gasteiger partial charge >= 0.3 is 0 Å². The van der Waals surface area contributed by atoms with Gasteiger partial charge in [-0.15, -0.1) is 0 Å². The maximum absolute atomic E-state index is 10.0. The van der Waals surface area contributed by atoms with Crippen molar-refractivity contribution in [3.05, 3.63) is 17.8 Å². The fourth-order valence-electron chi connectivity index (χ4n) is 2.53.